The van der Waals surface area contributed by atoms with Gasteiger partial charge in [-0.15, -0.1) is 0 Å². The van der Waals surface area contributed by atoms with E-state index < -0.39 is 16.6 Å². The van der Waals surface area contributed by atoms with E-state index in [9.17, 15) is 19.7 Å². The van der Waals surface area contributed by atoms with Crippen molar-refractivity contribution in [3.05, 3.63) is 33.9 Å². The molecule has 0 aliphatic carbocycles. The summed E-state index contributed by atoms with van der Waals surface area (Å²) in [5.41, 5.74) is -0.361. The van der Waals surface area contributed by atoms with E-state index in [1.165, 1.54) is 19.2 Å². The molecule has 1 aromatic rings. The highest BCUT2D eigenvalue weighted by molar-refractivity contribution is 5.90. The molecular formula is C18H26N2O6. The molecule has 8 heteroatoms. The maximum atomic E-state index is 11.9. The van der Waals surface area contributed by atoms with Crippen LogP contribution in [0, 0.1) is 16.0 Å². The number of benzene rings is 1. The first kappa shape index (κ1) is 21.4. The molecule has 8 nitrogen and oxygen atoms in total. The van der Waals surface area contributed by atoms with Gasteiger partial charge in [0.15, 0.2) is 12.4 Å². The molecule has 0 saturated carbocycles. The molecule has 0 unspecified atom stereocenters. The van der Waals surface area contributed by atoms with Gasteiger partial charge in [-0.3, -0.25) is 14.9 Å². The van der Waals surface area contributed by atoms with Gasteiger partial charge in [-0.25, -0.2) is 4.79 Å². The number of rotatable bonds is 10. The predicted molar refractivity (Wildman–Crippen MR) is 96.2 cm³/mol. The Balaban J connectivity index is 2.61. The van der Waals surface area contributed by atoms with Gasteiger partial charge in [-0.05, 0) is 31.4 Å². The van der Waals surface area contributed by atoms with Crippen molar-refractivity contribution in [1.82, 2.24) is 5.32 Å². The van der Waals surface area contributed by atoms with Crippen molar-refractivity contribution >= 4 is 17.6 Å². The van der Waals surface area contributed by atoms with Gasteiger partial charge in [0.2, 0.25) is 0 Å². The molecule has 1 amide bonds. The largest absolute Gasteiger partial charge is 0.477 e. The molecule has 1 N–H and O–H groups in total. The van der Waals surface area contributed by atoms with Crippen LogP contribution in [-0.2, 0) is 9.53 Å². The quantitative estimate of drug-likeness (QED) is 0.387. The molecule has 0 aliphatic heterocycles. The summed E-state index contributed by atoms with van der Waals surface area (Å²) < 4.78 is 9.80. The van der Waals surface area contributed by atoms with Crippen LogP contribution < -0.4 is 10.1 Å². The van der Waals surface area contributed by atoms with Crippen LogP contribution in [0.15, 0.2) is 18.2 Å². The van der Waals surface area contributed by atoms with Crippen molar-refractivity contribution in [2.24, 2.45) is 5.92 Å². The minimum atomic E-state index is -0.687. The molecular weight excluding hydrogens is 340 g/mol. The van der Waals surface area contributed by atoms with Gasteiger partial charge in [0.05, 0.1) is 17.6 Å². The molecule has 0 fully saturated rings. The summed E-state index contributed by atoms with van der Waals surface area (Å²) in [6, 6.07) is 3.69. The van der Waals surface area contributed by atoms with E-state index in [0.29, 0.717) is 5.92 Å². The summed E-state index contributed by atoms with van der Waals surface area (Å²) in [4.78, 5) is 33.9. The van der Waals surface area contributed by atoms with Gasteiger partial charge in [0.1, 0.15) is 0 Å². The summed E-state index contributed by atoms with van der Waals surface area (Å²) in [7, 11) is 1.19. The minimum absolute atomic E-state index is 0.00142. The third-order valence-electron chi connectivity index (χ3n) is 3.76. The number of carbonyl (C=O) groups is 2. The molecule has 0 spiro atoms. The van der Waals surface area contributed by atoms with E-state index in [-0.39, 0.29) is 29.9 Å². The molecule has 0 bridgehead atoms. The first-order valence-corrected chi connectivity index (χ1v) is 8.53. The summed E-state index contributed by atoms with van der Waals surface area (Å²) in [6.07, 6.45) is 2.97. The first-order chi connectivity index (χ1) is 12.2. The van der Waals surface area contributed by atoms with Gasteiger partial charge < -0.3 is 14.8 Å². The summed E-state index contributed by atoms with van der Waals surface area (Å²) in [5.74, 6) is -0.499. The third-order valence-corrected chi connectivity index (χ3v) is 3.76. The fourth-order valence-corrected chi connectivity index (χ4v) is 2.39. The number of amides is 1. The van der Waals surface area contributed by atoms with Gasteiger partial charge >= 0.3 is 11.7 Å². The van der Waals surface area contributed by atoms with Crippen molar-refractivity contribution < 1.29 is 24.0 Å². The number of nitro benzene ring substituents is 1. The van der Waals surface area contributed by atoms with Crippen molar-refractivity contribution in [3.8, 4) is 5.75 Å². The fourth-order valence-electron chi connectivity index (χ4n) is 2.39. The Morgan fingerprint density at radius 1 is 1.23 bits per heavy atom. The molecule has 0 aliphatic rings. The topological polar surface area (TPSA) is 108 Å². The van der Waals surface area contributed by atoms with Crippen LogP contribution in [0.4, 0.5) is 5.69 Å². The highest BCUT2D eigenvalue weighted by Gasteiger charge is 2.20. The normalized spacial score (nSPS) is 11.7. The van der Waals surface area contributed by atoms with Crippen molar-refractivity contribution in [2.75, 3.05) is 13.7 Å². The number of carbonyl (C=O) groups excluding carboxylic acids is 2. The first-order valence-electron chi connectivity index (χ1n) is 8.53. The SMILES string of the molecule is COC(=O)c1ccc(OCC(=O)N[C@@H](C)CCCC(C)C)c([N+](=O)[O-])c1. The number of hydrogen-bond donors (Lipinski definition) is 1. The minimum Gasteiger partial charge on any atom is -0.477 e. The summed E-state index contributed by atoms with van der Waals surface area (Å²) in [6.45, 7) is 5.86. The third kappa shape index (κ3) is 7.08. The maximum Gasteiger partial charge on any atom is 0.338 e. The molecule has 144 valence electrons. The lowest BCUT2D eigenvalue weighted by atomic mass is 10.0. The van der Waals surface area contributed by atoms with Crippen LogP contribution in [0.3, 0.4) is 0 Å². The van der Waals surface area contributed by atoms with Gasteiger partial charge in [0, 0.05) is 12.1 Å². The van der Waals surface area contributed by atoms with Gasteiger partial charge in [-0.2, -0.15) is 0 Å². The Hall–Kier alpha value is -2.64. The highest BCUT2D eigenvalue weighted by Crippen LogP contribution is 2.28. The number of ether oxygens (including phenoxy) is 2. The number of nitrogens with zero attached hydrogens (tertiary/aromatic N) is 1. The summed E-state index contributed by atoms with van der Waals surface area (Å²) in [5, 5.41) is 14.0. The lowest BCUT2D eigenvalue weighted by Crippen LogP contribution is -2.36. The maximum absolute atomic E-state index is 11.9. The van der Waals surface area contributed by atoms with Crippen molar-refractivity contribution in [2.45, 2.75) is 46.1 Å². The Morgan fingerprint density at radius 2 is 1.92 bits per heavy atom. The van der Waals surface area contributed by atoms with Crippen LogP contribution in [0.2, 0.25) is 0 Å². The number of methoxy groups -OCH3 is 1. The molecule has 0 radical (unpaired) electrons. The zero-order valence-electron chi connectivity index (χ0n) is 15.6. The van der Waals surface area contributed by atoms with Crippen molar-refractivity contribution in [1.29, 1.82) is 0 Å². The van der Waals surface area contributed by atoms with E-state index in [1.54, 1.807) is 0 Å². The van der Waals surface area contributed by atoms with Crippen LogP contribution in [0.25, 0.3) is 0 Å². The second-order valence-electron chi connectivity index (χ2n) is 6.51. The molecule has 1 atom stereocenters. The molecule has 1 rings (SSSR count). The standard InChI is InChI=1S/C18H26N2O6/c1-12(2)6-5-7-13(3)19-17(21)11-26-16-9-8-14(18(22)25-4)10-15(16)20(23)24/h8-10,12-13H,5-7,11H2,1-4H3,(H,19,21)/t13-/m0/s1. The monoisotopic (exact) mass is 366 g/mol. The lowest BCUT2D eigenvalue weighted by molar-refractivity contribution is -0.385. The second-order valence-corrected chi connectivity index (χ2v) is 6.51. The molecule has 0 heterocycles. The van der Waals surface area contributed by atoms with Crippen LogP contribution in [0.5, 0.6) is 5.75 Å². The van der Waals surface area contributed by atoms with Crippen LogP contribution in [0.1, 0.15) is 50.4 Å². The highest BCUT2D eigenvalue weighted by atomic mass is 16.6. The lowest BCUT2D eigenvalue weighted by Gasteiger charge is -2.15. The number of nitro groups is 1. The number of nitrogens with one attached hydrogen (secondary N) is 1. The van der Waals surface area contributed by atoms with Crippen molar-refractivity contribution in [3.63, 3.8) is 0 Å². The molecule has 1 aromatic carbocycles. The Labute approximate surface area is 153 Å². The average molecular weight is 366 g/mol. The molecule has 0 saturated heterocycles. The van der Waals surface area contributed by atoms with E-state index >= 15 is 0 Å². The Bertz CT molecular complexity index is 645. The van der Waals surface area contributed by atoms with E-state index in [1.807, 2.05) is 6.92 Å². The fraction of sp³-hybridized carbons (Fsp3) is 0.556. The predicted octanol–water partition coefficient (Wildman–Crippen LogP) is 3.09. The van der Waals surface area contributed by atoms with E-state index in [4.69, 9.17) is 4.74 Å². The molecule has 0 aromatic heterocycles. The second kappa shape index (κ2) is 10.4. The van der Waals surface area contributed by atoms with E-state index in [0.717, 1.165) is 25.3 Å². The number of hydrogen-bond acceptors (Lipinski definition) is 6. The van der Waals surface area contributed by atoms with Gasteiger partial charge in [0.25, 0.3) is 5.91 Å². The zero-order valence-corrected chi connectivity index (χ0v) is 15.6. The molecule has 26 heavy (non-hydrogen) atoms. The average Bonchev–Trinajstić information content (AvgIpc) is 2.58. The van der Waals surface area contributed by atoms with Crippen LogP contribution >= 0.6 is 0 Å². The smallest absolute Gasteiger partial charge is 0.338 e. The Morgan fingerprint density at radius 3 is 2.50 bits per heavy atom. The number of esters is 1. The van der Waals surface area contributed by atoms with Gasteiger partial charge in [-0.1, -0.05) is 26.7 Å². The van der Waals surface area contributed by atoms with Crippen LogP contribution in [-0.4, -0.2) is 36.6 Å². The summed E-state index contributed by atoms with van der Waals surface area (Å²) >= 11 is 0. The van der Waals surface area contributed by atoms with E-state index in [2.05, 4.69) is 23.9 Å². The Kier molecular flexibility index (Phi) is 8.54. The zero-order chi connectivity index (χ0) is 19.7.